The van der Waals surface area contributed by atoms with Gasteiger partial charge in [0.05, 0.1) is 0 Å². The number of carbonyl (C=O) groups is 2. The molecule has 0 aliphatic carbocycles. The molecule has 0 aliphatic heterocycles. The second-order valence-electron chi connectivity index (χ2n) is 4.34. The molecule has 0 spiro atoms. The Kier molecular flexibility index (Phi) is 4.60. The number of benzene rings is 2. The van der Waals surface area contributed by atoms with Gasteiger partial charge in [-0.25, -0.2) is 4.39 Å². The zero-order valence-electron chi connectivity index (χ0n) is 10.8. The topological polar surface area (TPSA) is 46.2 Å². The summed E-state index contributed by atoms with van der Waals surface area (Å²) in [6, 6.07) is 14.4. The summed E-state index contributed by atoms with van der Waals surface area (Å²) in [5.41, 5.74) is 1.12. The molecule has 4 heteroatoms. The zero-order valence-corrected chi connectivity index (χ0v) is 10.8. The molecule has 102 valence electrons. The number of hydrogen-bond acceptors (Lipinski definition) is 2. The van der Waals surface area contributed by atoms with E-state index in [4.69, 9.17) is 0 Å². The minimum Gasteiger partial charge on any atom is -0.326 e. The monoisotopic (exact) mass is 271 g/mol. The van der Waals surface area contributed by atoms with Crippen LogP contribution >= 0.6 is 0 Å². The molecule has 1 amide bonds. The van der Waals surface area contributed by atoms with Crippen LogP contribution in [0.4, 0.5) is 10.1 Å². The average Bonchev–Trinajstić information content (AvgIpc) is 2.46. The molecule has 2 aromatic rings. The smallest absolute Gasteiger partial charge is 0.224 e. The van der Waals surface area contributed by atoms with Crippen molar-refractivity contribution in [1.29, 1.82) is 0 Å². The highest BCUT2D eigenvalue weighted by molar-refractivity contribution is 5.99. The van der Waals surface area contributed by atoms with E-state index in [0.29, 0.717) is 11.3 Å². The molecule has 2 aromatic carbocycles. The number of carbonyl (C=O) groups excluding carboxylic acids is 2. The summed E-state index contributed by atoms with van der Waals surface area (Å²) in [5.74, 6) is -0.775. The van der Waals surface area contributed by atoms with Gasteiger partial charge in [0.25, 0.3) is 0 Å². The maximum atomic E-state index is 12.7. The molecule has 0 heterocycles. The number of nitrogens with one attached hydrogen (secondary N) is 1. The van der Waals surface area contributed by atoms with E-state index in [1.54, 1.807) is 12.1 Å². The van der Waals surface area contributed by atoms with Gasteiger partial charge in [-0.05, 0) is 36.4 Å². The van der Waals surface area contributed by atoms with Gasteiger partial charge < -0.3 is 5.32 Å². The number of rotatable bonds is 5. The number of ketones is 1. The number of anilines is 1. The van der Waals surface area contributed by atoms with Crippen molar-refractivity contribution in [2.75, 3.05) is 5.32 Å². The molecular formula is C16H14FNO2. The molecule has 2 rings (SSSR count). The van der Waals surface area contributed by atoms with Crippen molar-refractivity contribution in [2.24, 2.45) is 0 Å². The number of Topliss-reactive ketones (excluding diaryl/α,β-unsaturated/α-hetero) is 1. The molecule has 0 aromatic heterocycles. The first-order chi connectivity index (χ1) is 9.65. The maximum absolute atomic E-state index is 12.7. The molecule has 0 atom stereocenters. The Morgan fingerprint density at radius 2 is 1.55 bits per heavy atom. The fraction of sp³-hybridized carbons (Fsp3) is 0.125. The van der Waals surface area contributed by atoms with Crippen LogP contribution in [-0.4, -0.2) is 11.7 Å². The number of amides is 1. The van der Waals surface area contributed by atoms with Crippen LogP contribution in [0.5, 0.6) is 0 Å². The highest BCUT2D eigenvalue weighted by Crippen LogP contribution is 2.09. The highest BCUT2D eigenvalue weighted by atomic mass is 19.1. The van der Waals surface area contributed by atoms with Crippen LogP contribution in [0.1, 0.15) is 23.2 Å². The third kappa shape index (κ3) is 4.02. The minimum absolute atomic E-state index is 0.101. The Morgan fingerprint density at radius 3 is 2.20 bits per heavy atom. The Hall–Kier alpha value is -2.49. The molecule has 0 saturated carbocycles. The predicted molar refractivity (Wildman–Crippen MR) is 75.0 cm³/mol. The average molecular weight is 271 g/mol. The fourth-order valence-corrected chi connectivity index (χ4v) is 1.75. The van der Waals surface area contributed by atoms with Gasteiger partial charge in [-0.3, -0.25) is 9.59 Å². The first-order valence-electron chi connectivity index (χ1n) is 6.29. The van der Waals surface area contributed by atoms with E-state index in [2.05, 4.69) is 5.32 Å². The van der Waals surface area contributed by atoms with E-state index >= 15 is 0 Å². The SMILES string of the molecule is O=C(CCC(=O)c1ccc(F)cc1)Nc1ccccc1. The van der Waals surface area contributed by atoms with E-state index in [-0.39, 0.29) is 30.3 Å². The van der Waals surface area contributed by atoms with Crippen LogP contribution in [-0.2, 0) is 4.79 Å². The Labute approximate surface area is 116 Å². The molecule has 3 nitrogen and oxygen atoms in total. The lowest BCUT2D eigenvalue weighted by Gasteiger charge is -2.04. The van der Waals surface area contributed by atoms with E-state index < -0.39 is 0 Å². The largest absolute Gasteiger partial charge is 0.326 e. The lowest BCUT2D eigenvalue weighted by atomic mass is 10.1. The van der Waals surface area contributed by atoms with Crippen molar-refractivity contribution in [2.45, 2.75) is 12.8 Å². The van der Waals surface area contributed by atoms with Crippen LogP contribution in [0, 0.1) is 5.82 Å². The predicted octanol–water partition coefficient (Wildman–Crippen LogP) is 3.43. The van der Waals surface area contributed by atoms with Crippen molar-refractivity contribution >= 4 is 17.4 Å². The second kappa shape index (κ2) is 6.61. The fourth-order valence-electron chi connectivity index (χ4n) is 1.75. The van der Waals surface area contributed by atoms with Crippen LogP contribution < -0.4 is 5.32 Å². The quantitative estimate of drug-likeness (QED) is 0.847. The van der Waals surface area contributed by atoms with E-state index in [0.717, 1.165) is 0 Å². The lowest BCUT2D eigenvalue weighted by Crippen LogP contribution is -2.13. The van der Waals surface area contributed by atoms with Crippen LogP contribution in [0.15, 0.2) is 54.6 Å². The van der Waals surface area contributed by atoms with Gasteiger partial charge in [-0.15, -0.1) is 0 Å². The van der Waals surface area contributed by atoms with E-state index in [1.165, 1.54) is 24.3 Å². The van der Waals surface area contributed by atoms with Crippen LogP contribution in [0.25, 0.3) is 0 Å². The summed E-state index contributed by atoms with van der Waals surface area (Å²) in [6.07, 6.45) is 0.204. The molecule has 0 saturated heterocycles. The van der Waals surface area contributed by atoms with Gasteiger partial charge in [0.15, 0.2) is 5.78 Å². The molecule has 0 aliphatic rings. The summed E-state index contributed by atoms with van der Waals surface area (Å²) >= 11 is 0. The molecule has 0 radical (unpaired) electrons. The van der Waals surface area contributed by atoms with Crippen molar-refractivity contribution < 1.29 is 14.0 Å². The summed E-state index contributed by atoms with van der Waals surface area (Å²) in [6.45, 7) is 0. The van der Waals surface area contributed by atoms with Crippen molar-refractivity contribution in [3.63, 3.8) is 0 Å². The first kappa shape index (κ1) is 13.9. The van der Waals surface area contributed by atoms with Crippen molar-refractivity contribution in [1.82, 2.24) is 0 Å². The Balaban J connectivity index is 1.84. The summed E-state index contributed by atoms with van der Waals surface area (Å²) in [7, 11) is 0. The lowest BCUT2D eigenvalue weighted by molar-refractivity contribution is -0.116. The van der Waals surface area contributed by atoms with Gasteiger partial charge in [-0.1, -0.05) is 18.2 Å². The number of halogens is 1. The third-order valence-corrected chi connectivity index (χ3v) is 2.80. The molecule has 20 heavy (non-hydrogen) atoms. The highest BCUT2D eigenvalue weighted by Gasteiger charge is 2.09. The van der Waals surface area contributed by atoms with Crippen LogP contribution in [0.3, 0.4) is 0 Å². The Morgan fingerprint density at radius 1 is 0.900 bits per heavy atom. The molecule has 1 N–H and O–H groups in total. The van der Waals surface area contributed by atoms with E-state index in [1.807, 2.05) is 18.2 Å². The summed E-state index contributed by atoms with van der Waals surface area (Å²) in [5, 5.41) is 2.71. The number of hydrogen-bond donors (Lipinski definition) is 1. The molecule has 0 unspecified atom stereocenters. The normalized spacial score (nSPS) is 10.1. The molecule has 0 bridgehead atoms. The first-order valence-corrected chi connectivity index (χ1v) is 6.29. The van der Waals surface area contributed by atoms with Crippen molar-refractivity contribution in [3.05, 3.63) is 66.0 Å². The van der Waals surface area contributed by atoms with E-state index in [9.17, 15) is 14.0 Å². The number of para-hydroxylation sites is 1. The van der Waals surface area contributed by atoms with Gasteiger partial charge in [-0.2, -0.15) is 0 Å². The van der Waals surface area contributed by atoms with Crippen LogP contribution in [0.2, 0.25) is 0 Å². The maximum Gasteiger partial charge on any atom is 0.224 e. The molecule has 0 fully saturated rings. The standard InChI is InChI=1S/C16H14FNO2/c17-13-8-6-12(7-9-13)15(19)10-11-16(20)18-14-4-2-1-3-5-14/h1-9H,10-11H2,(H,18,20). The Bertz CT molecular complexity index is 594. The third-order valence-electron chi connectivity index (χ3n) is 2.80. The zero-order chi connectivity index (χ0) is 14.4. The van der Waals surface area contributed by atoms with Gasteiger partial charge in [0, 0.05) is 24.1 Å². The second-order valence-corrected chi connectivity index (χ2v) is 4.34. The minimum atomic E-state index is -0.386. The molecular weight excluding hydrogens is 257 g/mol. The van der Waals surface area contributed by atoms with Crippen molar-refractivity contribution in [3.8, 4) is 0 Å². The van der Waals surface area contributed by atoms with Gasteiger partial charge in [0.2, 0.25) is 5.91 Å². The summed E-state index contributed by atoms with van der Waals surface area (Å²) < 4.78 is 12.7. The summed E-state index contributed by atoms with van der Waals surface area (Å²) in [4.78, 5) is 23.5. The van der Waals surface area contributed by atoms with Gasteiger partial charge in [0.1, 0.15) is 5.82 Å². The van der Waals surface area contributed by atoms with Gasteiger partial charge >= 0.3 is 0 Å².